The summed E-state index contributed by atoms with van der Waals surface area (Å²) in [5, 5.41) is -0.334. The Morgan fingerprint density at radius 3 is 2.55 bits per heavy atom. The van der Waals surface area contributed by atoms with Gasteiger partial charge in [-0.3, -0.25) is 4.79 Å². The summed E-state index contributed by atoms with van der Waals surface area (Å²) in [6.07, 6.45) is 7.72. The molecule has 196 valence electrons. The quantitative estimate of drug-likeness (QED) is 0.376. The van der Waals surface area contributed by atoms with Gasteiger partial charge in [0, 0.05) is 42.4 Å². The molecule has 1 atom stereocenters. The molecule has 1 N–H and O–H groups in total. The molecule has 1 aliphatic heterocycles. The van der Waals surface area contributed by atoms with Crippen LogP contribution in [0.2, 0.25) is 0 Å². The summed E-state index contributed by atoms with van der Waals surface area (Å²) in [6.45, 7) is 7.04. The van der Waals surface area contributed by atoms with E-state index >= 15 is 0 Å². The summed E-state index contributed by atoms with van der Waals surface area (Å²) in [5.41, 5.74) is 0.860. The SMILES string of the molecule is CC1CN(c2ncccc2C(=O)NS(=O)(=O)c2cccc(Oc3ccc(-n4ccnc4)cc3)n2)C(C)(C)C1. The van der Waals surface area contributed by atoms with Crippen LogP contribution < -0.4 is 14.4 Å². The molecular weight excluding hydrogens is 504 g/mol. The van der Waals surface area contributed by atoms with Crippen LogP contribution in [0.1, 0.15) is 37.6 Å². The van der Waals surface area contributed by atoms with Crippen LogP contribution in [-0.2, 0) is 10.0 Å². The number of nitrogens with one attached hydrogen (secondary N) is 1. The molecule has 0 radical (unpaired) electrons. The molecule has 1 amide bonds. The van der Waals surface area contributed by atoms with Gasteiger partial charge in [-0.1, -0.05) is 13.0 Å². The highest BCUT2D eigenvalue weighted by atomic mass is 32.2. The number of pyridine rings is 2. The first-order valence-corrected chi connectivity index (χ1v) is 13.6. The Morgan fingerprint density at radius 1 is 1.08 bits per heavy atom. The zero-order chi connectivity index (χ0) is 26.9. The van der Waals surface area contributed by atoms with Crippen molar-refractivity contribution in [1.29, 1.82) is 0 Å². The lowest BCUT2D eigenvalue weighted by Gasteiger charge is -2.33. The number of hydrogen-bond acceptors (Lipinski definition) is 8. The summed E-state index contributed by atoms with van der Waals surface area (Å²) in [4.78, 5) is 27.8. The highest BCUT2D eigenvalue weighted by Crippen LogP contribution is 2.37. The van der Waals surface area contributed by atoms with Crippen molar-refractivity contribution in [3.8, 4) is 17.3 Å². The molecule has 4 heterocycles. The van der Waals surface area contributed by atoms with Gasteiger partial charge in [-0.25, -0.2) is 14.7 Å². The average Bonchev–Trinajstić information content (AvgIpc) is 3.51. The third kappa shape index (κ3) is 5.23. The van der Waals surface area contributed by atoms with Crippen LogP contribution >= 0.6 is 0 Å². The Bertz CT molecular complexity index is 1550. The van der Waals surface area contributed by atoms with Crippen LogP contribution in [0.15, 0.2) is 84.5 Å². The van der Waals surface area contributed by atoms with Crippen molar-refractivity contribution in [2.24, 2.45) is 5.92 Å². The van der Waals surface area contributed by atoms with E-state index in [4.69, 9.17) is 4.74 Å². The van der Waals surface area contributed by atoms with E-state index in [2.05, 4.69) is 45.3 Å². The number of amides is 1. The van der Waals surface area contributed by atoms with Crippen molar-refractivity contribution in [1.82, 2.24) is 24.2 Å². The first-order valence-electron chi connectivity index (χ1n) is 12.2. The molecular formula is C27H28N6O4S. The standard InChI is InChI=1S/C27H28N6O4S/c1-19-16-27(2,3)33(17-19)25-22(6-5-13-29-25)26(34)31-38(35,36)24-8-4-7-23(30-24)37-21-11-9-20(10-12-21)32-15-14-28-18-32/h4-15,18-19H,16-17H2,1-3H3,(H,31,34). The van der Waals surface area contributed by atoms with Gasteiger partial charge in [-0.2, -0.15) is 13.4 Å². The van der Waals surface area contributed by atoms with Gasteiger partial charge in [0.2, 0.25) is 5.88 Å². The summed E-state index contributed by atoms with van der Waals surface area (Å²) in [6, 6.07) is 14.7. The molecule has 4 aromatic rings. The van der Waals surface area contributed by atoms with Crippen molar-refractivity contribution in [2.75, 3.05) is 11.4 Å². The largest absolute Gasteiger partial charge is 0.439 e. The van der Waals surface area contributed by atoms with Gasteiger partial charge in [0.25, 0.3) is 15.9 Å². The van der Waals surface area contributed by atoms with E-state index in [0.29, 0.717) is 17.5 Å². The van der Waals surface area contributed by atoms with Crippen molar-refractivity contribution < 1.29 is 17.9 Å². The van der Waals surface area contributed by atoms with Crippen LogP contribution in [0.25, 0.3) is 5.69 Å². The van der Waals surface area contributed by atoms with E-state index < -0.39 is 15.9 Å². The molecule has 0 saturated carbocycles. The average molecular weight is 533 g/mol. The number of carbonyl (C=O) groups excluding carboxylic acids is 1. The van der Waals surface area contributed by atoms with E-state index in [1.807, 2.05) is 22.9 Å². The number of nitrogens with zero attached hydrogens (tertiary/aromatic N) is 5. The number of carbonyl (C=O) groups is 1. The van der Waals surface area contributed by atoms with Gasteiger partial charge >= 0.3 is 0 Å². The van der Waals surface area contributed by atoms with Crippen molar-refractivity contribution >= 4 is 21.7 Å². The van der Waals surface area contributed by atoms with Crippen molar-refractivity contribution in [3.63, 3.8) is 0 Å². The minimum Gasteiger partial charge on any atom is -0.439 e. The number of imidazole rings is 1. The highest BCUT2D eigenvalue weighted by Gasteiger charge is 2.39. The monoisotopic (exact) mass is 532 g/mol. The Morgan fingerprint density at radius 2 is 1.87 bits per heavy atom. The summed E-state index contributed by atoms with van der Waals surface area (Å²) in [7, 11) is -4.29. The molecule has 5 rings (SSSR count). The van der Waals surface area contributed by atoms with E-state index in [1.54, 1.807) is 49.1 Å². The second-order valence-corrected chi connectivity index (χ2v) is 11.6. The predicted molar refractivity (Wildman–Crippen MR) is 142 cm³/mol. The van der Waals surface area contributed by atoms with E-state index in [-0.39, 0.29) is 22.0 Å². The molecule has 1 saturated heterocycles. The summed E-state index contributed by atoms with van der Waals surface area (Å²) >= 11 is 0. The lowest BCUT2D eigenvalue weighted by atomic mass is 9.97. The Labute approximate surface area is 221 Å². The normalized spacial score (nSPS) is 16.8. The number of hydrogen-bond donors (Lipinski definition) is 1. The zero-order valence-electron chi connectivity index (χ0n) is 21.3. The molecule has 3 aromatic heterocycles. The Hall–Kier alpha value is -4.25. The Balaban J connectivity index is 1.34. The maximum atomic E-state index is 13.2. The number of rotatable bonds is 7. The third-order valence-electron chi connectivity index (χ3n) is 6.42. The number of ether oxygens (including phenoxy) is 1. The lowest BCUT2D eigenvalue weighted by molar-refractivity contribution is 0.0981. The molecule has 1 fully saturated rings. The number of anilines is 1. The number of benzene rings is 1. The van der Waals surface area contributed by atoms with Gasteiger partial charge in [0.05, 0.1) is 11.9 Å². The fraction of sp³-hybridized carbons (Fsp3) is 0.259. The molecule has 11 heteroatoms. The maximum Gasteiger partial charge on any atom is 0.281 e. The van der Waals surface area contributed by atoms with Gasteiger partial charge in [0.15, 0.2) is 5.03 Å². The number of aromatic nitrogens is 4. The fourth-order valence-corrected chi connectivity index (χ4v) is 5.73. The van der Waals surface area contributed by atoms with Crippen LogP contribution in [0.4, 0.5) is 5.82 Å². The molecule has 1 aromatic carbocycles. The van der Waals surface area contributed by atoms with Gasteiger partial charge < -0.3 is 14.2 Å². The molecule has 0 spiro atoms. The van der Waals surface area contributed by atoms with Crippen molar-refractivity contribution in [3.05, 3.63) is 85.1 Å². The second kappa shape index (κ2) is 9.90. The predicted octanol–water partition coefficient (Wildman–Crippen LogP) is 4.20. The zero-order valence-corrected chi connectivity index (χ0v) is 22.1. The maximum absolute atomic E-state index is 13.2. The first-order chi connectivity index (χ1) is 18.1. The van der Waals surface area contributed by atoms with Crippen LogP contribution in [0.5, 0.6) is 11.6 Å². The summed E-state index contributed by atoms with van der Waals surface area (Å²) < 4.78 is 36.0. The molecule has 1 aliphatic rings. The Kier molecular flexibility index (Phi) is 6.62. The van der Waals surface area contributed by atoms with Gasteiger partial charge in [-0.05, 0) is 68.7 Å². The van der Waals surface area contributed by atoms with E-state index in [1.165, 1.54) is 12.1 Å². The highest BCUT2D eigenvalue weighted by molar-refractivity contribution is 7.90. The molecule has 10 nitrogen and oxygen atoms in total. The first kappa shape index (κ1) is 25.4. The topological polar surface area (TPSA) is 119 Å². The molecule has 38 heavy (non-hydrogen) atoms. The molecule has 0 aliphatic carbocycles. The number of sulfonamides is 1. The van der Waals surface area contributed by atoms with Crippen LogP contribution in [-0.4, -0.2) is 45.9 Å². The van der Waals surface area contributed by atoms with Crippen LogP contribution in [0, 0.1) is 5.92 Å². The third-order valence-corrected chi connectivity index (χ3v) is 7.65. The van der Waals surface area contributed by atoms with Gasteiger partial charge in [-0.15, -0.1) is 0 Å². The minimum absolute atomic E-state index is 0.0746. The molecule has 0 bridgehead atoms. The fourth-order valence-electron chi connectivity index (χ4n) is 4.80. The van der Waals surface area contributed by atoms with E-state index in [0.717, 1.165) is 18.7 Å². The summed E-state index contributed by atoms with van der Waals surface area (Å²) in [5.74, 6) is 0.652. The van der Waals surface area contributed by atoms with Crippen LogP contribution in [0.3, 0.4) is 0 Å². The van der Waals surface area contributed by atoms with E-state index in [9.17, 15) is 13.2 Å². The van der Waals surface area contributed by atoms with Gasteiger partial charge in [0.1, 0.15) is 11.6 Å². The lowest BCUT2D eigenvalue weighted by Crippen LogP contribution is -2.41. The second-order valence-electron chi connectivity index (χ2n) is 9.92. The molecule has 1 unspecified atom stereocenters. The van der Waals surface area contributed by atoms with Crippen molar-refractivity contribution in [2.45, 2.75) is 37.8 Å². The smallest absolute Gasteiger partial charge is 0.281 e. The minimum atomic E-state index is -4.29.